The molecule has 0 saturated carbocycles. The SMILES string of the molecule is CC1NC(=O)CC=C1c1ccc(-n2ccnc2)cc1. The van der Waals surface area contributed by atoms with Gasteiger partial charge in [-0.3, -0.25) is 4.79 Å². The molecule has 2 aromatic rings. The highest BCUT2D eigenvalue weighted by Crippen LogP contribution is 2.23. The van der Waals surface area contributed by atoms with Gasteiger partial charge in [0.2, 0.25) is 5.91 Å². The Morgan fingerprint density at radius 1 is 1.32 bits per heavy atom. The summed E-state index contributed by atoms with van der Waals surface area (Å²) in [5.74, 6) is 0.0892. The summed E-state index contributed by atoms with van der Waals surface area (Å²) >= 11 is 0. The average molecular weight is 253 g/mol. The minimum absolute atomic E-state index is 0.0698. The van der Waals surface area contributed by atoms with Gasteiger partial charge >= 0.3 is 0 Å². The minimum Gasteiger partial charge on any atom is -0.349 e. The lowest BCUT2D eigenvalue weighted by Crippen LogP contribution is -2.36. The number of hydrogen-bond donors (Lipinski definition) is 1. The van der Waals surface area contributed by atoms with Crippen LogP contribution >= 0.6 is 0 Å². The number of nitrogens with zero attached hydrogens (tertiary/aromatic N) is 2. The number of benzene rings is 1. The van der Waals surface area contributed by atoms with Crippen LogP contribution in [0.1, 0.15) is 18.9 Å². The number of aromatic nitrogens is 2. The number of amides is 1. The van der Waals surface area contributed by atoms with E-state index in [1.165, 1.54) is 5.57 Å². The van der Waals surface area contributed by atoms with Gasteiger partial charge in [0, 0.05) is 24.5 Å². The summed E-state index contributed by atoms with van der Waals surface area (Å²) in [4.78, 5) is 15.3. The van der Waals surface area contributed by atoms with Gasteiger partial charge in [-0.05, 0) is 30.2 Å². The highest BCUT2D eigenvalue weighted by Gasteiger charge is 2.18. The predicted molar refractivity (Wildman–Crippen MR) is 73.8 cm³/mol. The first-order chi connectivity index (χ1) is 9.24. The number of carbonyl (C=O) groups is 1. The van der Waals surface area contributed by atoms with Crippen molar-refractivity contribution in [3.63, 3.8) is 0 Å². The lowest BCUT2D eigenvalue weighted by Gasteiger charge is -2.22. The molecular formula is C15H15N3O. The molecule has 0 fully saturated rings. The topological polar surface area (TPSA) is 46.9 Å². The molecule has 1 aromatic carbocycles. The van der Waals surface area contributed by atoms with E-state index in [4.69, 9.17) is 0 Å². The van der Waals surface area contributed by atoms with Gasteiger partial charge in [-0.2, -0.15) is 0 Å². The van der Waals surface area contributed by atoms with Gasteiger partial charge in [-0.25, -0.2) is 4.98 Å². The lowest BCUT2D eigenvalue weighted by atomic mass is 9.95. The highest BCUT2D eigenvalue weighted by atomic mass is 16.1. The normalized spacial score (nSPS) is 18.9. The fourth-order valence-corrected chi connectivity index (χ4v) is 2.36. The third-order valence-corrected chi connectivity index (χ3v) is 3.35. The molecule has 1 N–H and O–H groups in total. The molecule has 1 amide bonds. The minimum atomic E-state index is 0.0698. The Bertz CT molecular complexity index is 611. The zero-order chi connectivity index (χ0) is 13.2. The van der Waals surface area contributed by atoms with E-state index in [9.17, 15) is 4.79 Å². The van der Waals surface area contributed by atoms with Gasteiger partial charge in [-0.1, -0.05) is 18.2 Å². The summed E-state index contributed by atoms with van der Waals surface area (Å²) in [7, 11) is 0. The molecule has 4 nitrogen and oxygen atoms in total. The Kier molecular flexibility index (Phi) is 2.91. The predicted octanol–water partition coefficient (Wildman–Crippen LogP) is 2.16. The fourth-order valence-electron chi connectivity index (χ4n) is 2.36. The zero-order valence-electron chi connectivity index (χ0n) is 10.7. The van der Waals surface area contributed by atoms with Crippen LogP contribution in [0, 0.1) is 0 Å². The summed E-state index contributed by atoms with van der Waals surface area (Å²) in [6, 6.07) is 8.34. The summed E-state index contributed by atoms with van der Waals surface area (Å²) in [6.07, 6.45) is 7.92. The van der Waals surface area contributed by atoms with E-state index in [2.05, 4.69) is 34.6 Å². The number of carbonyl (C=O) groups excluding carboxylic acids is 1. The van der Waals surface area contributed by atoms with Gasteiger partial charge in [0.1, 0.15) is 0 Å². The van der Waals surface area contributed by atoms with Crippen molar-refractivity contribution in [2.24, 2.45) is 0 Å². The summed E-state index contributed by atoms with van der Waals surface area (Å²) < 4.78 is 1.96. The van der Waals surface area contributed by atoms with E-state index < -0.39 is 0 Å². The second-order valence-corrected chi connectivity index (χ2v) is 4.67. The van der Waals surface area contributed by atoms with Gasteiger partial charge in [0.25, 0.3) is 0 Å². The van der Waals surface area contributed by atoms with Gasteiger partial charge < -0.3 is 9.88 Å². The first-order valence-corrected chi connectivity index (χ1v) is 6.32. The monoisotopic (exact) mass is 253 g/mol. The molecule has 0 radical (unpaired) electrons. The molecular weight excluding hydrogens is 238 g/mol. The molecule has 1 aliphatic rings. The fraction of sp³-hybridized carbons (Fsp3) is 0.200. The Morgan fingerprint density at radius 2 is 2.11 bits per heavy atom. The molecule has 0 saturated heterocycles. The quantitative estimate of drug-likeness (QED) is 0.891. The second-order valence-electron chi connectivity index (χ2n) is 4.67. The number of imidazole rings is 1. The van der Waals surface area contributed by atoms with Crippen LogP contribution in [-0.2, 0) is 4.79 Å². The third kappa shape index (κ3) is 2.29. The van der Waals surface area contributed by atoms with Crippen LogP contribution in [0.25, 0.3) is 11.3 Å². The average Bonchev–Trinajstić information content (AvgIpc) is 2.93. The van der Waals surface area contributed by atoms with Crippen molar-refractivity contribution in [1.29, 1.82) is 0 Å². The van der Waals surface area contributed by atoms with E-state index in [1.54, 1.807) is 12.5 Å². The largest absolute Gasteiger partial charge is 0.349 e. The summed E-state index contributed by atoms with van der Waals surface area (Å²) in [5.41, 5.74) is 3.41. The van der Waals surface area contributed by atoms with Crippen LogP contribution in [0.2, 0.25) is 0 Å². The van der Waals surface area contributed by atoms with Crippen LogP contribution in [0.15, 0.2) is 49.1 Å². The zero-order valence-corrected chi connectivity index (χ0v) is 10.7. The standard InChI is InChI=1S/C15H15N3O/c1-11-14(6-7-15(19)17-11)12-2-4-13(5-3-12)18-9-8-16-10-18/h2-6,8-11H,7H2,1H3,(H,17,19). The second kappa shape index (κ2) is 4.72. The van der Waals surface area contributed by atoms with Crippen molar-refractivity contribution in [3.8, 4) is 5.69 Å². The molecule has 0 aliphatic carbocycles. The molecule has 2 heterocycles. The molecule has 0 spiro atoms. The summed E-state index contributed by atoms with van der Waals surface area (Å²) in [5, 5.41) is 2.95. The molecule has 19 heavy (non-hydrogen) atoms. The Hall–Kier alpha value is -2.36. The van der Waals surface area contributed by atoms with Crippen molar-refractivity contribution in [2.45, 2.75) is 19.4 Å². The molecule has 3 rings (SSSR count). The molecule has 1 aromatic heterocycles. The van der Waals surface area contributed by atoms with Crippen molar-refractivity contribution in [1.82, 2.24) is 14.9 Å². The third-order valence-electron chi connectivity index (χ3n) is 3.35. The van der Waals surface area contributed by atoms with Crippen LogP contribution < -0.4 is 5.32 Å². The number of hydrogen-bond acceptors (Lipinski definition) is 2. The smallest absolute Gasteiger partial charge is 0.224 e. The number of nitrogens with one attached hydrogen (secondary N) is 1. The van der Waals surface area contributed by atoms with Crippen LogP contribution in [0.3, 0.4) is 0 Å². The van der Waals surface area contributed by atoms with Gasteiger partial charge in [-0.15, -0.1) is 0 Å². The Balaban J connectivity index is 1.89. The van der Waals surface area contributed by atoms with E-state index in [0.29, 0.717) is 6.42 Å². The van der Waals surface area contributed by atoms with Crippen LogP contribution in [0.4, 0.5) is 0 Å². The maximum absolute atomic E-state index is 11.3. The van der Waals surface area contributed by atoms with Gasteiger partial charge in [0.05, 0.1) is 12.4 Å². The molecule has 1 atom stereocenters. The molecule has 1 aliphatic heterocycles. The first kappa shape index (κ1) is 11.7. The molecule has 4 heteroatoms. The number of rotatable bonds is 2. The van der Waals surface area contributed by atoms with E-state index in [1.807, 2.05) is 23.8 Å². The lowest BCUT2D eigenvalue weighted by molar-refractivity contribution is -0.120. The molecule has 1 unspecified atom stereocenters. The highest BCUT2D eigenvalue weighted by molar-refractivity contribution is 5.87. The van der Waals surface area contributed by atoms with Gasteiger partial charge in [0.15, 0.2) is 0 Å². The van der Waals surface area contributed by atoms with E-state index in [0.717, 1.165) is 11.3 Å². The van der Waals surface area contributed by atoms with Crippen LogP contribution in [0.5, 0.6) is 0 Å². The maximum Gasteiger partial charge on any atom is 0.224 e. The molecule has 0 bridgehead atoms. The first-order valence-electron chi connectivity index (χ1n) is 6.32. The van der Waals surface area contributed by atoms with Crippen molar-refractivity contribution in [2.75, 3.05) is 0 Å². The maximum atomic E-state index is 11.3. The van der Waals surface area contributed by atoms with Crippen LogP contribution in [-0.4, -0.2) is 21.5 Å². The van der Waals surface area contributed by atoms with E-state index >= 15 is 0 Å². The van der Waals surface area contributed by atoms with E-state index in [-0.39, 0.29) is 11.9 Å². The Morgan fingerprint density at radius 3 is 2.74 bits per heavy atom. The summed E-state index contributed by atoms with van der Waals surface area (Å²) in [6.45, 7) is 2.01. The Labute approximate surface area is 111 Å². The van der Waals surface area contributed by atoms with Crippen molar-refractivity contribution >= 4 is 11.5 Å². The molecule has 96 valence electrons. The van der Waals surface area contributed by atoms with Crippen molar-refractivity contribution < 1.29 is 4.79 Å². The van der Waals surface area contributed by atoms with Crippen molar-refractivity contribution in [3.05, 3.63) is 54.6 Å².